The second kappa shape index (κ2) is 7.59. The van der Waals surface area contributed by atoms with Crippen molar-refractivity contribution < 1.29 is 4.79 Å². The van der Waals surface area contributed by atoms with E-state index in [2.05, 4.69) is 15.2 Å². The third kappa shape index (κ3) is 3.45. The fourth-order valence-electron chi connectivity index (χ4n) is 3.46. The van der Waals surface area contributed by atoms with Crippen molar-refractivity contribution >= 4 is 34.1 Å². The van der Waals surface area contributed by atoms with E-state index in [0.29, 0.717) is 29.0 Å². The van der Waals surface area contributed by atoms with E-state index in [1.165, 1.54) is 4.68 Å². The Labute approximate surface area is 167 Å². The molecule has 4 rings (SSSR count). The van der Waals surface area contributed by atoms with Gasteiger partial charge in [-0.15, -0.1) is 5.10 Å². The van der Waals surface area contributed by atoms with Crippen LogP contribution >= 0.6 is 11.6 Å². The number of aromatic nitrogens is 3. The lowest BCUT2D eigenvalue weighted by atomic mass is 10.2. The Balaban J connectivity index is 1.47. The number of piperazine rings is 1. The largest absolute Gasteiger partial charge is 0.368 e. The summed E-state index contributed by atoms with van der Waals surface area (Å²) in [7, 11) is 0. The highest BCUT2D eigenvalue weighted by atomic mass is 35.5. The molecule has 8 heteroatoms. The molecule has 0 spiro atoms. The van der Waals surface area contributed by atoms with Crippen LogP contribution in [0, 0.1) is 0 Å². The Bertz CT molecular complexity index is 1060. The van der Waals surface area contributed by atoms with Crippen molar-refractivity contribution in [2.24, 2.45) is 0 Å². The highest BCUT2D eigenvalue weighted by Gasteiger charge is 2.27. The molecule has 0 radical (unpaired) electrons. The normalized spacial score (nSPS) is 15.6. The third-order valence-electron chi connectivity index (χ3n) is 5.10. The summed E-state index contributed by atoms with van der Waals surface area (Å²) in [6, 6.07) is 14.0. The number of rotatable bonds is 3. The average Bonchev–Trinajstić information content (AvgIpc) is 2.74. The molecule has 144 valence electrons. The molecule has 3 aromatic rings. The number of hydrogen-bond donors (Lipinski definition) is 0. The van der Waals surface area contributed by atoms with Crippen LogP contribution in [0.2, 0.25) is 5.02 Å². The van der Waals surface area contributed by atoms with Crippen LogP contribution in [0.4, 0.5) is 5.69 Å². The third-order valence-corrected chi connectivity index (χ3v) is 5.35. The van der Waals surface area contributed by atoms with Gasteiger partial charge in [0.2, 0.25) is 5.91 Å². The summed E-state index contributed by atoms with van der Waals surface area (Å²) in [6.07, 6.45) is 0. The van der Waals surface area contributed by atoms with Crippen LogP contribution in [0.3, 0.4) is 0 Å². The van der Waals surface area contributed by atoms with Crippen LogP contribution in [0.25, 0.3) is 10.9 Å². The van der Waals surface area contributed by atoms with Crippen LogP contribution < -0.4 is 10.5 Å². The fraction of sp³-hybridized carbons (Fsp3) is 0.300. The van der Waals surface area contributed by atoms with Gasteiger partial charge >= 0.3 is 0 Å². The number of amides is 1. The molecule has 0 saturated carbocycles. The Kier molecular flexibility index (Phi) is 5.00. The van der Waals surface area contributed by atoms with E-state index in [-0.39, 0.29) is 11.5 Å². The zero-order chi connectivity index (χ0) is 19.7. The minimum absolute atomic E-state index is 0.123. The lowest BCUT2D eigenvalue weighted by molar-refractivity contribution is -0.135. The molecule has 0 unspecified atom stereocenters. The maximum absolute atomic E-state index is 12.9. The number of nitrogens with zero attached hydrogens (tertiary/aromatic N) is 5. The van der Waals surface area contributed by atoms with Crippen LogP contribution in [-0.4, -0.2) is 52.0 Å². The van der Waals surface area contributed by atoms with E-state index in [1.807, 2.05) is 24.3 Å². The molecule has 28 heavy (non-hydrogen) atoms. The predicted octanol–water partition coefficient (Wildman–Crippen LogP) is 2.35. The molecule has 1 aliphatic heterocycles. The zero-order valence-electron chi connectivity index (χ0n) is 15.5. The van der Waals surface area contributed by atoms with E-state index in [0.717, 1.165) is 18.8 Å². The molecule has 1 amide bonds. The van der Waals surface area contributed by atoms with Crippen molar-refractivity contribution in [3.8, 4) is 0 Å². The van der Waals surface area contributed by atoms with E-state index in [1.54, 1.807) is 36.1 Å². The van der Waals surface area contributed by atoms with Gasteiger partial charge in [0.05, 0.1) is 5.39 Å². The number of fused-ring (bicyclic) bond motifs is 1. The van der Waals surface area contributed by atoms with Gasteiger partial charge in [-0.3, -0.25) is 9.59 Å². The standard InChI is InChI=1S/C20H20ClN5O2/c1-14(26-20(28)17-4-2-3-5-18(17)22-23-26)19(27)25-12-10-24(11-13-25)16-8-6-15(21)7-9-16/h2-9,14H,10-13H2,1H3/t14-/m1/s1. The van der Waals surface area contributed by atoms with Gasteiger partial charge in [-0.25, -0.2) is 0 Å². The Morgan fingerprint density at radius 3 is 2.43 bits per heavy atom. The van der Waals surface area contributed by atoms with E-state index < -0.39 is 6.04 Å². The SMILES string of the molecule is C[C@H](C(=O)N1CCN(c2ccc(Cl)cc2)CC1)n1nnc2ccccc2c1=O. The van der Waals surface area contributed by atoms with Gasteiger partial charge in [0.25, 0.3) is 5.56 Å². The topological polar surface area (TPSA) is 71.3 Å². The lowest BCUT2D eigenvalue weighted by Crippen LogP contribution is -2.51. The summed E-state index contributed by atoms with van der Waals surface area (Å²) in [6.45, 7) is 4.30. The molecule has 0 N–H and O–H groups in total. The molecule has 1 fully saturated rings. The van der Waals surface area contributed by atoms with Crippen molar-refractivity contribution in [3.05, 3.63) is 63.9 Å². The van der Waals surface area contributed by atoms with Crippen LogP contribution in [0.15, 0.2) is 53.3 Å². The molecule has 1 saturated heterocycles. The van der Waals surface area contributed by atoms with Crippen LogP contribution in [0.5, 0.6) is 0 Å². The van der Waals surface area contributed by atoms with Gasteiger partial charge in [-0.1, -0.05) is 28.9 Å². The molecule has 1 aliphatic rings. The number of carbonyl (C=O) groups is 1. The second-order valence-corrected chi connectivity index (χ2v) is 7.26. The zero-order valence-corrected chi connectivity index (χ0v) is 16.2. The Morgan fingerprint density at radius 2 is 1.71 bits per heavy atom. The first kappa shape index (κ1) is 18.4. The summed E-state index contributed by atoms with van der Waals surface area (Å²) >= 11 is 5.95. The van der Waals surface area contributed by atoms with Crippen LogP contribution in [0.1, 0.15) is 13.0 Å². The number of benzene rings is 2. The van der Waals surface area contributed by atoms with E-state index in [9.17, 15) is 9.59 Å². The molecule has 1 atom stereocenters. The first-order valence-corrected chi connectivity index (χ1v) is 9.56. The molecular formula is C20H20ClN5O2. The van der Waals surface area contributed by atoms with E-state index in [4.69, 9.17) is 11.6 Å². The summed E-state index contributed by atoms with van der Waals surface area (Å²) in [4.78, 5) is 29.6. The lowest BCUT2D eigenvalue weighted by Gasteiger charge is -2.37. The van der Waals surface area contributed by atoms with Gasteiger partial charge in [-0.05, 0) is 43.3 Å². The van der Waals surface area contributed by atoms with Gasteiger partial charge in [-0.2, -0.15) is 4.68 Å². The summed E-state index contributed by atoms with van der Waals surface area (Å²) < 4.78 is 1.18. The minimum Gasteiger partial charge on any atom is -0.368 e. The van der Waals surface area contributed by atoms with Gasteiger partial charge in [0.15, 0.2) is 0 Å². The second-order valence-electron chi connectivity index (χ2n) is 6.82. The molecule has 0 bridgehead atoms. The summed E-state index contributed by atoms with van der Waals surface area (Å²) in [5, 5.41) is 9.21. The predicted molar refractivity (Wildman–Crippen MR) is 109 cm³/mol. The van der Waals surface area contributed by atoms with Crippen LogP contribution in [-0.2, 0) is 4.79 Å². The Morgan fingerprint density at radius 1 is 1.04 bits per heavy atom. The van der Waals surface area contributed by atoms with Crippen molar-refractivity contribution in [1.82, 2.24) is 19.9 Å². The molecule has 7 nitrogen and oxygen atoms in total. The first-order chi connectivity index (χ1) is 13.5. The summed E-state index contributed by atoms with van der Waals surface area (Å²) in [5.41, 5.74) is 1.31. The molecule has 2 heterocycles. The van der Waals surface area contributed by atoms with E-state index >= 15 is 0 Å². The maximum Gasteiger partial charge on any atom is 0.278 e. The molecule has 0 aliphatic carbocycles. The van der Waals surface area contributed by atoms with Gasteiger partial charge in [0, 0.05) is 36.9 Å². The first-order valence-electron chi connectivity index (χ1n) is 9.18. The smallest absolute Gasteiger partial charge is 0.278 e. The molecule has 1 aromatic heterocycles. The van der Waals surface area contributed by atoms with Crippen molar-refractivity contribution in [3.63, 3.8) is 0 Å². The number of carbonyl (C=O) groups excluding carboxylic acids is 1. The molecular weight excluding hydrogens is 378 g/mol. The average molecular weight is 398 g/mol. The van der Waals surface area contributed by atoms with Crippen molar-refractivity contribution in [2.75, 3.05) is 31.1 Å². The monoisotopic (exact) mass is 397 g/mol. The highest BCUT2D eigenvalue weighted by molar-refractivity contribution is 6.30. The van der Waals surface area contributed by atoms with Crippen molar-refractivity contribution in [1.29, 1.82) is 0 Å². The number of halogens is 1. The quantitative estimate of drug-likeness (QED) is 0.678. The van der Waals surface area contributed by atoms with Gasteiger partial charge < -0.3 is 9.80 Å². The number of anilines is 1. The molecule has 2 aromatic carbocycles. The fourth-order valence-corrected chi connectivity index (χ4v) is 3.59. The van der Waals surface area contributed by atoms with Crippen molar-refractivity contribution in [2.45, 2.75) is 13.0 Å². The van der Waals surface area contributed by atoms with Gasteiger partial charge in [0.1, 0.15) is 11.6 Å². The Hall–Kier alpha value is -2.93. The number of hydrogen-bond acceptors (Lipinski definition) is 5. The maximum atomic E-state index is 12.9. The summed E-state index contributed by atoms with van der Waals surface area (Å²) in [5.74, 6) is -0.123. The minimum atomic E-state index is -0.702. The highest BCUT2D eigenvalue weighted by Crippen LogP contribution is 2.20.